The molecule has 2 heterocycles. The Bertz CT molecular complexity index is 370. The van der Waals surface area contributed by atoms with Crippen LogP contribution in [0.5, 0.6) is 0 Å². The van der Waals surface area contributed by atoms with Gasteiger partial charge in [0, 0.05) is 0 Å². The van der Waals surface area contributed by atoms with Crippen molar-refractivity contribution in [1.29, 1.82) is 0 Å². The van der Waals surface area contributed by atoms with Gasteiger partial charge in [-0.1, -0.05) is 6.07 Å². The van der Waals surface area contributed by atoms with Crippen LogP contribution in [0.25, 0.3) is 10.6 Å². The molecule has 2 N–H and O–H groups in total. The topological polar surface area (TPSA) is 51.8 Å². The molecule has 0 aromatic carbocycles. The highest BCUT2D eigenvalue weighted by atomic mass is 32.1. The third kappa shape index (κ3) is 1.16. The Kier molecular flexibility index (Phi) is 1.75. The summed E-state index contributed by atoms with van der Waals surface area (Å²) in [5, 5.41) is 2.00. The minimum Gasteiger partial charge on any atom is -0.396 e. The number of thiophene rings is 1. The van der Waals surface area contributed by atoms with Crippen LogP contribution in [0, 0.1) is 0 Å². The molecule has 0 radical (unpaired) electrons. The van der Waals surface area contributed by atoms with E-state index in [1.165, 1.54) is 6.33 Å². The summed E-state index contributed by atoms with van der Waals surface area (Å²) in [7, 11) is 0. The van der Waals surface area contributed by atoms with E-state index in [-0.39, 0.29) is 0 Å². The molecule has 0 bridgehead atoms. The third-order valence-corrected chi connectivity index (χ3v) is 2.37. The van der Waals surface area contributed by atoms with Crippen molar-refractivity contribution in [2.24, 2.45) is 0 Å². The smallest absolute Gasteiger partial charge is 0.116 e. The molecule has 0 saturated carbocycles. The first-order chi connectivity index (χ1) is 5.88. The van der Waals surface area contributed by atoms with Crippen molar-refractivity contribution in [2.45, 2.75) is 0 Å². The maximum absolute atomic E-state index is 5.69. The summed E-state index contributed by atoms with van der Waals surface area (Å²) < 4.78 is 0. The minimum absolute atomic E-state index is 0.625. The summed E-state index contributed by atoms with van der Waals surface area (Å²) in [5.41, 5.74) is 7.14. The SMILES string of the molecule is Nc1cncnc1-c1cccs1. The zero-order valence-corrected chi connectivity index (χ0v) is 7.08. The maximum Gasteiger partial charge on any atom is 0.116 e. The first-order valence-electron chi connectivity index (χ1n) is 3.47. The number of hydrogen-bond acceptors (Lipinski definition) is 4. The molecule has 4 heteroatoms. The number of aromatic nitrogens is 2. The molecule has 0 aliphatic rings. The van der Waals surface area contributed by atoms with Crippen molar-refractivity contribution < 1.29 is 0 Å². The lowest BCUT2D eigenvalue weighted by molar-refractivity contribution is 1.18. The molecule has 12 heavy (non-hydrogen) atoms. The second-order valence-electron chi connectivity index (χ2n) is 2.30. The highest BCUT2D eigenvalue weighted by Crippen LogP contribution is 2.26. The minimum atomic E-state index is 0.625. The zero-order chi connectivity index (χ0) is 8.39. The second-order valence-corrected chi connectivity index (χ2v) is 3.25. The van der Waals surface area contributed by atoms with Crippen LogP contribution in [-0.2, 0) is 0 Å². The van der Waals surface area contributed by atoms with E-state index in [2.05, 4.69) is 9.97 Å². The molecular weight excluding hydrogens is 170 g/mol. The number of rotatable bonds is 1. The summed E-state index contributed by atoms with van der Waals surface area (Å²) >= 11 is 1.62. The van der Waals surface area contributed by atoms with Crippen LogP contribution in [0.15, 0.2) is 30.0 Å². The van der Waals surface area contributed by atoms with Gasteiger partial charge in [-0.25, -0.2) is 9.97 Å². The van der Waals surface area contributed by atoms with E-state index in [9.17, 15) is 0 Å². The molecule has 0 atom stereocenters. The molecule has 0 unspecified atom stereocenters. The number of nitrogen functional groups attached to an aromatic ring is 1. The van der Waals surface area contributed by atoms with Crippen LogP contribution in [0.2, 0.25) is 0 Å². The fourth-order valence-corrected chi connectivity index (χ4v) is 1.70. The van der Waals surface area contributed by atoms with Gasteiger partial charge in [0.25, 0.3) is 0 Å². The predicted molar refractivity (Wildman–Crippen MR) is 49.8 cm³/mol. The highest BCUT2D eigenvalue weighted by Gasteiger charge is 2.03. The largest absolute Gasteiger partial charge is 0.396 e. The van der Waals surface area contributed by atoms with E-state index in [0.29, 0.717) is 5.69 Å². The summed E-state index contributed by atoms with van der Waals surface area (Å²) in [6.45, 7) is 0. The van der Waals surface area contributed by atoms with Gasteiger partial charge in [-0.3, -0.25) is 0 Å². The number of nitrogens with zero attached hydrogens (tertiary/aromatic N) is 2. The zero-order valence-electron chi connectivity index (χ0n) is 6.27. The first-order valence-corrected chi connectivity index (χ1v) is 4.35. The number of nitrogens with two attached hydrogens (primary N) is 1. The van der Waals surface area contributed by atoms with Crippen molar-refractivity contribution in [2.75, 3.05) is 5.73 Å². The Balaban J connectivity index is 2.55. The molecule has 0 aliphatic carbocycles. The predicted octanol–water partition coefficient (Wildman–Crippen LogP) is 1.79. The molecule has 3 nitrogen and oxygen atoms in total. The molecule has 2 aromatic rings. The molecule has 0 aliphatic heterocycles. The molecule has 0 spiro atoms. The van der Waals surface area contributed by atoms with Gasteiger partial charge in [-0.05, 0) is 11.4 Å². The third-order valence-electron chi connectivity index (χ3n) is 1.50. The normalized spacial score (nSPS) is 10.0. The van der Waals surface area contributed by atoms with Crippen LogP contribution < -0.4 is 5.73 Å². The van der Waals surface area contributed by atoms with Crippen LogP contribution in [-0.4, -0.2) is 9.97 Å². The van der Waals surface area contributed by atoms with E-state index in [1.807, 2.05) is 17.5 Å². The molecule has 2 rings (SSSR count). The first kappa shape index (κ1) is 7.24. The monoisotopic (exact) mass is 177 g/mol. The Morgan fingerprint density at radius 2 is 2.33 bits per heavy atom. The van der Waals surface area contributed by atoms with E-state index in [0.717, 1.165) is 10.6 Å². The molecule has 0 saturated heterocycles. The molecule has 0 amide bonds. The average molecular weight is 177 g/mol. The Labute approximate surface area is 73.9 Å². The maximum atomic E-state index is 5.69. The highest BCUT2D eigenvalue weighted by molar-refractivity contribution is 7.13. The van der Waals surface area contributed by atoms with Gasteiger partial charge in [-0.2, -0.15) is 0 Å². The van der Waals surface area contributed by atoms with Gasteiger partial charge in [-0.15, -0.1) is 11.3 Å². The lowest BCUT2D eigenvalue weighted by Gasteiger charge is -1.98. The fraction of sp³-hybridized carbons (Fsp3) is 0. The summed E-state index contributed by atoms with van der Waals surface area (Å²) in [6, 6.07) is 3.96. The van der Waals surface area contributed by atoms with Crippen LogP contribution >= 0.6 is 11.3 Å². The van der Waals surface area contributed by atoms with Gasteiger partial charge in [0.05, 0.1) is 16.8 Å². The average Bonchev–Trinajstić information content (AvgIpc) is 2.57. The lowest BCUT2D eigenvalue weighted by atomic mass is 10.3. The Morgan fingerprint density at radius 1 is 1.42 bits per heavy atom. The van der Waals surface area contributed by atoms with Crippen LogP contribution in [0.3, 0.4) is 0 Å². The van der Waals surface area contributed by atoms with E-state index in [1.54, 1.807) is 17.5 Å². The van der Waals surface area contributed by atoms with E-state index >= 15 is 0 Å². The quantitative estimate of drug-likeness (QED) is 0.722. The molecule has 2 aromatic heterocycles. The molecule has 0 fully saturated rings. The van der Waals surface area contributed by atoms with Crippen LogP contribution in [0.1, 0.15) is 0 Å². The number of anilines is 1. The lowest BCUT2D eigenvalue weighted by Crippen LogP contribution is -1.92. The van der Waals surface area contributed by atoms with Gasteiger partial charge in [0.1, 0.15) is 12.0 Å². The summed E-state index contributed by atoms with van der Waals surface area (Å²) in [5.74, 6) is 0. The van der Waals surface area contributed by atoms with Gasteiger partial charge >= 0.3 is 0 Å². The van der Waals surface area contributed by atoms with Crippen molar-refractivity contribution in [3.8, 4) is 10.6 Å². The van der Waals surface area contributed by atoms with Gasteiger partial charge in [0.2, 0.25) is 0 Å². The van der Waals surface area contributed by atoms with Crippen molar-refractivity contribution in [3.05, 3.63) is 30.0 Å². The van der Waals surface area contributed by atoms with Gasteiger partial charge < -0.3 is 5.73 Å². The van der Waals surface area contributed by atoms with Crippen molar-refractivity contribution >= 4 is 17.0 Å². The standard InChI is InChI=1S/C8H7N3S/c9-6-4-10-5-11-8(6)7-2-1-3-12-7/h1-5H,9H2. The summed E-state index contributed by atoms with van der Waals surface area (Å²) in [6.07, 6.45) is 3.12. The Morgan fingerprint density at radius 3 is 3.00 bits per heavy atom. The number of hydrogen-bond donors (Lipinski definition) is 1. The van der Waals surface area contributed by atoms with Crippen LogP contribution in [0.4, 0.5) is 5.69 Å². The second kappa shape index (κ2) is 2.91. The molecule has 60 valence electrons. The fourth-order valence-electron chi connectivity index (χ4n) is 0.960. The molecular formula is C8H7N3S. The van der Waals surface area contributed by atoms with Gasteiger partial charge in [0.15, 0.2) is 0 Å². The summed E-state index contributed by atoms with van der Waals surface area (Å²) in [4.78, 5) is 9.00. The Hall–Kier alpha value is -1.42. The van der Waals surface area contributed by atoms with E-state index in [4.69, 9.17) is 5.73 Å². The van der Waals surface area contributed by atoms with Crippen molar-refractivity contribution in [3.63, 3.8) is 0 Å². The van der Waals surface area contributed by atoms with E-state index < -0.39 is 0 Å². The van der Waals surface area contributed by atoms with Crippen molar-refractivity contribution in [1.82, 2.24) is 9.97 Å².